The van der Waals surface area contributed by atoms with Gasteiger partial charge in [-0.2, -0.15) is 0 Å². The molecule has 0 unspecified atom stereocenters. The highest BCUT2D eigenvalue weighted by Gasteiger charge is 2.09. The van der Waals surface area contributed by atoms with Gasteiger partial charge in [0.05, 0.1) is 16.8 Å². The van der Waals surface area contributed by atoms with E-state index in [1.54, 1.807) is 0 Å². The van der Waals surface area contributed by atoms with Gasteiger partial charge in [0.25, 0.3) is 0 Å². The largest absolute Gasteiger partial charge is 0.494 e. The van der Waals surface area contributed by atoms with E-state index in [0.717, 1.165) is 27.5 Å². The maximum Gasteiger partial charge on any atom is 0.226 e. The van der Waals surface area contributed by atoms with E-state index >= 15 is 0 Å². The monoisotopic (exact) mass is 404 g/mol. The predicted octanol–water partition coefficient (Wildman–Crippen LogP) is 5.89. The number of nitrogens with one attached hydrogen (secondary N) is 1. The van der Waals surface area contributed by atoms with Gasteiger partial charge >= 0.3 is 0 Å². The van der Waals surface area contributed by atoms with Crippen LogP contribution in [-0.2, 0) is 4.79 Å². The van der Waals surface area contributed by atoms with Crippen molar-refractivity contribution in [1.29, 1.82) is 0 Å². The molecule has 0 fully saturated rings. The summed E-state index contributed by atoms with van der Waals surface area (Å²) < 4.78 is 12.4. The first-order valence-electron chi connectivity index (χ1n) is 9.37. The second-order valence-electron chi connectivity index (χ2n) is 6.38. The maximum absolute atomic E-state index is 12.2. The molecule has 0 atom stereocenters. The first-order valence-corrected chi connectivity index (χ1v) is 10.2. The molecule has 5 nitrogen and oxygen atoms in total. The minimum absolute atomic E-state index is 0.0681. The van der Waals surface area contributed by atoms with Crippen molar-refractivity contribution in [2.24, 2.45) is 0 Å². The van der Waals surface area contributed by atoms with Crippen LogP contribution in [0.1, 0.15) is 12.8 Å². The lowest BCUT2D eigenvalue weighted by Crippen LogP contribution is -2.12. The van der Waals surface area contributed by atoms with E-state index in [-0.39, 0.29) is 5.91 Å². The zero-order chi connectivity index (χ0) is 19.9. The Morgan fingerprint density at radius 2 is 1.62 bits per heavy atom. The van der Waals surface area contributed by atoms with Crippen molar-refractivity contribution in [2.75, 3.05) is 11.9 Å². The molecule has 146 valence electrons. The second kappa shape index (κ2) is 9.21. The Balaban J connectivity index is 1.30. The third-order valence-electron chi connectivity index (χ3n) is 4.15. The van der Waals surface area contributed by atoms with E-state index in [4.69, 9.17) is 9.47 Å². The smallest absolute Gasteiger partial charge is 0.226 e. The van der Waals surface area contributed by atoms with Gasteiger partial charge in [-0.1, -0.05) is 47.7 Å². The Kier molecular flexibility index (Phi) is 6.02. The van der Waals surface area contributed by atoms with Crippen molar-refractivity contribution >= 4 is 32.6 Å². The van der Waals surface area contributed by atoms with E-state index in [0.29, 0.717) is 24.6 Å². The van der Waals surface area contributed by atoms with Gasteiger partial charge in [-0.05, 0) is 42.8 Å². The van der Waals surface area contributed by atoms with Crippen LogP contribution >= 0.6 is 11.3 Å². The Hall–Kier alpha value is -3.38. The summed E-state index contributed by atoms with van der Waals surface area (Å²) in [5, 5.41) is 3.46. The van der Waals surface area contributed by atoms with Crippen molar-refractivity contribution < 1.29 is 14.3 Å². The van der Waals surface area contributed by atoms with Crippen molar-refractivity contribution in [1.82, 2.24) is 4.98 Å². The zero-order valence-corrected chi connectivity index (χ0v) is 16.5. The molecule has 1 heterocycles. The van der Waals surface area contributed by atoms with E-state index in [2.05, 4.69) is 10.3 Å². The lowest BCUT2D eigenvalue weighted by Gasteiger charge is -2.05. The number of carbonyl (C=O) groups excluding carboxylic acids is 1. The molecular weight excluding hydrogens is 384 g/mol. The van der Waals surface area contributed by atoms with Gasteiger partial charge < -0.3 is 14.8 Å². The molecule has 0 aliphatic rings. The Labute approximate surface area is 172 Å². The van der Waals surface area contributed by atoms with Crippen LogP contribution in [0.5, 0.6) is 17.2 Å². The normalized spacial score (nSPS) is 10.6. The lowest BCUT2D eigenvalue weighted by molar-refractivity contribution is -0.116. The minimum Gasteiger partial charge on any atom is -0.494 e. The van der Waals surface area contributed by atoms with Crippen LogP contribution in [0, 0.1) is 0 Å². The number of carbonyl (C=O) groups is 1. The molecule has 4 rings (SSSR count). The number of fused-ring (bicyclic) bond motifs is 1. The molecule has 4 aromatic rings. The average molecular weight is 404 g/mol. The number of hydrogen-bond acceptors (Lipinski definition) is 5. The van der Waals surface area contributed by atoms with Crippen LogP contribution in [0.4, 0.5) is 5.13 Å². The Morgan fingerprint density at radius 1 is 0.897 bits per heavy atom. The molecule has 0 aliphatic carbocycles. The van der Waals surface area contributed by atoms with Crippen molar-refractivity contribution in [3.8, 4) is 17.2 Å². The van der Waals surface area contributed by atoms with Gasteiger partial charge in [-0.3, -0.25) is 4.79 Å². The van der Waals surface area contributed by atoms with E-state index < -0.39 is 0 Å². The number of para-hydroxylation sites is 2. The Morgan fingerprint density at radius 3 is 2.38 bits per heavy atom. The molecule has 1 N–H and O–H groups in total. The molecule has 0 saturated heterocycles. The van der Waals surface area contributed by atoms with Crippen LogP contribution < -0.4 is 14.8 Å². The molecule has 6 heteroatoms. The third-order valence-corrected chi connectivity index (χ3v) is 5.08. The summed E-state index contributed by atoms with van der Waals surface area (Å²) in [5.41, 5.74) is 0.832. The van der Waals surface area contributed by atoms with E-state index in [1.807, 2.05) is 78.9 Å². The third kappa shape index (κ3) is 5.33. The number of thiazole rings is 1. The van der Waals surface area contributed by atoms with Gasteiger partial charge in [0.2, 0.25) is 5.91 Å². The fraction of sp³-hybridized carbons (Fsp3) is 0.130. The average Bonchev–Trinajstić information content (AvgIpc) is 3.14. The van der Waals surface area contributed by atoms with Gasteiger partial charge in [0.15, 0.2) is 5.13 Å². The Bertz CT molecular complexity index is 1080. The molecule has 1 aromatic heterocycles. The number of hydrogen-bond donors (Lipinski definition) is 1. The quantitative estimate of drug-likeness (QED) is 0.372. The molecule has 0 bridgehead atoms. The number of aromatic nitrogens is 1. The minimum atomic E-state index is -0.0681. The standard InChI is InChI=1S/C23H20N2O3S/c26-22(12-7-15-27-17-8-3-1-4-9-17)25-23-24-20-14-13-19(16-21(20)29-23)28-18-10-5-2-6-11-18/h1-6,8-11,13-14,16H,7,12,15H2,(H,24,25,26). The van der Waals surface area contributed by atoms with E-state index in [9.17, 15) is 4.79 Å². The molecular formula is C23H20N2O3S. The van der Waals surface area contributed by atoms with Crippen molar-refractivity contribution in [3.05, 3.63) is 78.9 Å². The zero-order valence-electron chi connectivity index (χ0n) is 15.7. The molecule has 0 radical (unpaired) electrons. The second-order valence-corrected chi connectivity index (χ2v) is 7.41. The molecule has 3 aromatic carbocycles. The SMILES string of the molecule is O=C(CCCOc1ccccc1)Nc1nc2ccc(Oc3ccccc3)cc2s1. The van der Waals surface area contributed by atoms with Crippen molar-refractivity contribution in [3.63, 3.8) is 0 Å². The lowest BCUT2D eigenvalue weighted by atomic mass is 10.3. The number of anilines is 1. The first kappa shape index (κ1) is 19.0. The highest BCUT2D eigenvalue weighted by Crippen LogP contribution is 2.31. The summed E-state index contributed by atoms with van der Waals surface area (Å²) in [6.07, 6.45) is 1.02. The maximum atomic E-state index is 12.2. The van der Waals surface area contributed by atoms with Crippen LogP contribution in [-0.4, -0.2) is 17.5 Å². The number of benzene rings is 3. The van der Waals surface area contributed by atoms with Gasteiger partial charge in [0, 0.05) is 12.5 Å². The van der Waals surface area contributed by atoms with E-state index in [1.165, 1.54) is 11.3 Å². The summed E-state index contributed by atoms with van der Waals surface area (Å²) >= 11 is 1.43. The van der Waals surface area contributed by atoms with Crippen LogP contribution in [0.2, 0.25) is 0 Å². The summed E-state index contributed by atoms with van der Waals surface area (Å²) in [5.74, 6) is 2.26. The summed E-state index contributed by atoms with van der Waals surface area (Å²) in [6.45, 7) is 0.497. The summed E-state index contributed by atoms with van der Waals surface area (Å²) in [6, 6.07) is 24.9. The van der Waals surface area contributed by atoms with Gasteiger partial charge in [-0.15, -0.1) is 0 Å². The molecule has 1 amide bonds. The number of nitrogens with zero attached hydrogens (tertiary/aromatic N) is 1. The first-order chi connectivity index (χ1) is 14.3. The molecule has 0 spiro atoms. The molecule has 0 saturated carbocycles. The van der Waals surface area contributed by atoms with Gasteiger partial charge in [-0.25, -0.2) is 4.98 Å². The van der Waals surface area contributed by atoms with Gasteiger partial charge in [0.1, 0.15) is 17.2 Å². The number of amides is 1. The number of ether oxygens (including phenoxy) is 2. The van der Waals surface area contributed by atoms with Crippen molar-refractivity contribution in [2.45, 2.75) is 12.8 Å². The van der Waals surface area contributed by atoms with Crippen LogP contribution in [0.25, 0.3) is 10.2 Å². The summed E-state index contributed by atoms with van der Waals surface area (Å²) in [4.78, 5) is 16.7. The van der Waals surface area contributed by atoms with Crippen LogP contribution in [0.3, 0.4) is 0 Å². The fourth-order valence-corrected chi connectivity index (χ4v) is 3.68. The highest BCUT2D eigenvalue weighted by atomic mass is 32.1. The number of rotatable bonds is 8. The fourth-order valence-electron chi connectivity index (χ4n) is 2.77. The highest BCUT2D eigenvalue weighted by molar-refractivity contribution is 7.22. The predicted molar refractivity (Wildman–Crippen MR) is 116 cm³/mol. The molecule has 0 aliphatic heterocycles. The molecule has 29 heavy (non-hydrogen) atoms. The summed E-state index contributed by atoms with van der Waals surface area (Å²) in [7, 11) is 0. The van der Waals surface area contributed by atoms with Crippen LogP contribution in [0.15, 0.2) is 78.9 Å². The topological polar surface area (TPSA) is 60.5 Å².